The number of nitriles is 1. The molecular weight excluding hydrogens is 372 g/mol. The van der Waals surface area contributed by atoms with Gasteiger partial charge in [0.25, 0.3) is 0 Å². The number of fused-ring (bicyclic) bond motifs is 1. The minimum absolute atomic E-state index is 0.00941. The maximum Gasteiger partial charge on any atom is 0.242 e. The van der Waals surface area contributed by atoms with Crippen molar-refractivity contribution in [1.82, 2.24) is 15.0 Å². The minimum atomic E-state index is -3.82. The monoisotopic (exact) mass is 394 g/mol. The van der Waals surface area contributed by atoms with E-state index in [0.29, 0.717) is 11.9 Å². The van der Waals surface area contributed by atoms with Crippen LogP contribution in [0.15, 0.2) is 65.8 Å². The highest BCUT2D eigenvalue weighted by molar-refractivity contribution is 7.89. The van der Waals surface area contributed by atoms with Gasteiger partial charge >= 0.3 is 0 Å². The molecule has 2 N–H and O–H groups in total. The van der Waals surface area contributed by atoms with Crippen molar-refractivity contribution in [3.63, 3.8) is 0 Å². The van der Waals surface area contributed by atoms with Crippen molar-refractivity contribution in [1.29, 1.82) is 5.26 Å². The van der Waals surface area contributed by atoms with Gasteiger partial charge in [-0.1, -0.05) is 36.4 Å². The Labute approximate surface area is 165 Å². The Kier molecular flexibility index (Phi) is 6.37. The predicted octanol–water partition coefficient (Wildman–Crippen LogP) is 2.61. The fourth-order valence-electron chi connectivity index (χ4n) is 3.05. The van der Waals surface area contributed by atoms with Gasteiger partial charge < -0.3 is 5.32 Å². The molecule has 1 aromatic heterocycles. The van der Waals surface area contributed by atoms with Crippen LogP contribution in [0, 0.1) is 11.3 Å². The van der Waals surface area contributed by atoms with Crippen LogP contribution in [0.2, 0.25) is 0 Å². The Morgan fingerprint density at radius 1 is 1.14 bits per heavy atom. The molecule has 3 rings (SSSR count). The Morgan fingerprint density at radius 3 is 2.68 bits per heavy atom. The molecule has 0 aliphatic carbocycles. The third kappa shape index (κ3) is 4.73. The first-order valence-electron chi connectivity index (χ1n) is 9.05. The lowest BCUT2D eigenvalue weighted by Gasteiger charge is -2.16. The van der Waals surface area contributed by atoms with E-state index < -0.39 is 10.0 Å². The van der Waals surface area contributed by atoms with Gasteiger partial charge in [0.05, 0.1) is 5.56 Å². The molecule has 2 aromatic carbocycles. The van der Waals surface area contributed by atoms with E-state index in [9.17, 15) is 13.7 Å². The summed E-state index contributed by atoms with van der Waals surface area (Å²) in [4.78, 5) is 4.00. The summed E-state index contributed by atoms with van der Waals surface area (Å²) in [5.74, 6) is 0. The topological polar surface area (TPSA) is 94.9 Å². The lowest BCUT2D eigenvalue weighted by molar-refractivity contribution is 0.537. The Morgan fingerprint density at radius 2 is 1.93 bits per heavy atom. The van der Waals surface area contributed by atoms with Crippen molar-refractivity contribution >= 4 is 20.8 Å². The highest BCUT2D eigenvalue weighted by atomic mass is 32.2. The fraction of sp³-hybridized carbons (Fsp3) is 0.238. The molecule has 0 aliphatic rings. The normalized spacial score (nSPS) is 12.6. The molecular formula is C21H22N4O2S. The number of sulfonamides is 1. The van der Waals surface area contributed by atoms with Gasteiger partial charge in [0.15, 0.2) is 0 Å². The van der Waals surface area contributed by atoms with Crippen LogP contribution in [0.1, 0.15) is 18.1 Å². The largest absolute Gasteiger partial charge is 0.315 e. The van der Waals surface area contributed by atoms with Crippen LogP contribution in [0.4, 0.5) is 0 Å². The first-order chi connectivity index (χ1) is 13.5. The lowest BCUT2D eigenvalue weighted by Crippen LogP contribution is -2.40. The van der Waals surface area contributed by atoms with E-state index in [0.717, 1.165) is 18.4 Å². The third-order valence-corrected chi connectivity index (χ3v) is 6.06. The summed E-state index contributed by atoms with van der Waals surface area (Å²) in [6.07, 6.45) is 4.03. The average molecular weight is 395 g/mol. The molecule has 144 valence electrons. The molecule has 1 heterocycles. The number of hydrogen-bond acceptors (Lipinski definition) is 5. The smallest absolute Gasteiger partial charge is 0.242 e. The highest BCUT2D eigenvalue weighted by Gasteiger charge is 2.22. The molecule has 0 aliphatic heterocycles. The number of rotatable bonds is 8. The van der Waals surface area contributed by atoms with Gasteiger partial charge in [0, 0.05) is 35.8 Å². The summed E-state index contributed by atoms with van der Waals surface area (Å²) in [5, 5.41) is 14.1. The first-order valence-corrected chi connectivity index (χ1v) is 10.5. The number of aromatic nitrogens is 1. The third-order valence-electron chi connectivity index (χ3n) is 4.42. The first kappa shape index (κ1) is 20.0. The zero-order chi connectivity index (χ0) is 20.0. The highest BCUT2D eigenvalue weighted by Crippen LogP contribution is 2.24. The van der Waals surface area contributed by atoms with E-state index in [4.69, 9.17) is 0 Å². The molecule has 28 heavy (non-hydrogen) atoms. The zero-order valence-electron chi connectivity index (χ0n) is 15.6. The fourth-order valence-corrected chi connectivity index (χ4v) is 4.47. The Balaban J connectivity index is 1.65. The van der Waals surface area contributed by atoms with Crippen LogP contribution in [0.25, 0.3) is 10.8 Å². The molecule has 3 aromatic rings. The minimum Gasteiger partial charge on any atom is -0.315 e. The van der Waals surface area contributed by atoms with Crippen LogP contribution in [-0.4, -0.2) is 32.5 Å². The van der Waals surface area contributed by atoms with E-state index >= 15 is 0 Å². The predicted molar refractivity (Wildman–Crippen MR) is 109 cm³/mol. The molecule has 7 heteroatoms. The molecule has 0 radical (unpaired) electrons. The molecule has 0 amide bonds. The number of hydrogen-bond donors (Lipinski definition) is 2. The number of pyridine rings is 1. The summed E-state index contributed by atoms with van der Waals surface area (Å²) in [6, 6.07) is 16.6. The van der Waals surface area contributed by atoms with Crippen LogP contribution in [0.5, 0.6) is 0 Å². The van der Waals surface area contributed by atoms with Crippen LogP contribution < -0.4 is 10.0 Å². The van der Waals surface area contributed by atoms with Gasteiger partial charge in [0.1, 0.15) is 11.0 Å². The van der Waals surface area contributed by atoms with Gasteiger partial charge in [0.2, 0.25) is 10.0 Å². The molecule has 6 nitrogen and oxygen atoms in total. The molecule has 1 unspecified atom stereocenters. The molecule has 0 saturated carbocycles. The zero-order valence-corrected chi connectivity index (χ0v) is 16.4. The molecule has 0 saturated heterocycles. The molecule has 0 fully saturated rings. The van der Waals surface area contributed by atoms with Crippen molar-refractivity contribution in [3.8, 4) is 6.07 Å². The van der Waals surface area contributed by atoms with Crippen molar-refractivity contribution in [2.45, 2.75) is 24.3 Å². The van der Waals surface area contributed by atoms with Gasteiger partial charge in [-0.15, -0.1) is 0 Å². The number of benzene rings is 2. The standard InChI is InChI=1S/C21H22N4O2S/c1-16(14-23-11-9-17-5-3-2-4-6-17)25-28(26,27)21-8-7-18-15-24-12-10-19(18)20(21)13-22/h2-8,10,12,15-16,23,25H,9,11,14H2,1H3. The summed E-state index contributed by atoms with van der Waals surface area (Å²) in [5.41, 5.74) is 1.36. The second kappa shape index (κ2) is 8.93. The average Bonchev–Trinajstić information content (AvgIpc) is 2.70. The van der Waals surface area contributed by atoms with Gasteiger partial charge in [-0.3, -0.25) is 4.98 Å². The SMILES string of the molecule is CC(CNCCc1ccccc1)NS(=O)(=O)c1ccc2cnccc2c1C#N. The lowest BCUT2D eigenvalue weighted by atomic mass is 10.1. The van der Waals surface area contributed by atoms with Crippen LogP contribution in [-0.2, 0) is 16.4 Å². The quantitative estimate of drug-likeness (QED) is 0.573. The molecule has 0 spiro atoms. The maximum absolute atomic E-state index is 12.8. The van der Waals surface area contributed by atoms with E-state index in [-0.39, 0.29) is 16.5 Å². The van der Waals surface area contributed by atoms with Crippen LogP contribution in [0.3, 0.4) is 0 Å². The van der Waals surface area contributed by atoms with Crippen molar-refractivity contribution < 1.29 is 8.42 Å². The molecule has 0 bridgehead atoms. The maximum atomic E-state index is 12.8. The van der Waals surface area contributed by atoms with Crippen LogP contribution >= 0.6 is 0 Å². The van der Waals surface area contributed by atoms with Crippen molar-refractivity contribution in [2.75, 3.05) is 13.1 Å². The van der Waals surface area contributed by atoms with E-state index in [1.807, 2.05) is 24.3 Å². The number of nitrogens with zero attached hydrogens (tertiary/aromatic N) is 2. The Bertz CT molecular complexity index is 1090. The summed E-state index contributed by atoms with van der Waals surface area (Å²) >= 11 is 0. The van der Waals surface area contributed by atoms with Gasteiger partial charge in [-0.25, -0.2) is 13.1 Å². The molecule has 1 atom stereocenters. The number of nitrogens with one attached hydrogen (secondary N) is 2. The second-order valence-electron chi connectivity index (χ2n) is 6.61. The van der Waals surface area contributed by atoms with E-state index in [1.165, 1.54) is 11.6 Å². The summed E-state index contributed by atoms with van der Waals surface area (Å²) in [7, 11) is -3.82. The van der Waals surface area contributed by atoms with Crippen molar-refractivity contribution in [2.24, 2.45) is 0 Å². The van der Waals surface area contributed by atoms with Gasteiger partial charge in [-0.2, -0.15) is 5.26 Å². The van der Waals surface area contributed by atoms with Gasteiger partial charge in [-0.05, 0) is 37.6 Å². The van der Waals surface area contributed by atoms with E-state index in [1.54, 1.807) is 31.5 Å². The summed E-state index contributed by atoms with van der Waals surface area (Å²) in [6.45, 7) is 3.04. The van der Waals surface area contributed by atoms with E-state index in [2.05, 4.69) is 27.2 Å². The second-order valence-corrected chi connectivity index (χ2v) is 8.29. The van der Waals surface area contributed by atoms with Crippen molar-refractivity contribution in [3.05, 3.63) is 72.1 Å². The Hall–Kier alpha value is -2.79. The summed E-state index contributed by atoms with van der Waals surface area (Å²) < 4.78 is 28.3.